The highest BCUT2D eigenvalue weighted by Gasteiger charge is 2.30. The molecule has 0 spiro atoms. The summed E-state index contributed by atoms with van der Waals surface area (Å²) < 4.78 is 36.5. The van der Waals surface area contributed by atoms with E-state index in [1.165, 1.54) is 26.1 Å². The minimum Gasteiger partial charge on any atom is -0.383 e. The maximum absolute atomic E-state index is 12.2. The van der Waals surface area contributed by atoms with Crippen molar-refractivity contribution in [2.45, 2.75) is 25.6 Å². The van der Waals surface area contributed by atoms with Crippen LogP contribution in [0.4, 0.5) is 24.5 Å². The molecule has 0 radical (unpaired) electrons. The molecule has 0 aliphatic rings. The van der Waals surface area contributed by atoms with Gasteiger partial charge in [-0.3, -0.25) is 14.9 Å². The summed E-state index contributed by atoms with van der Waals surface area (Å²) in [7, 11) is 1.44. The number of alkyl halides is 3. The minimum atomic E-state index is -4.38. The van der Waals surface area contributed by atoms with Crippen LogP contribution < -0.4 is 10.6 Å². The van der Waals surface area contributed by atoms with E-state index in [9.17, 15) is 28.1 Å². The third-order valence-corrected chi connectivity index (χ3v) is 2.64. The summed E-state index contributed by atoms with van der Waals surface area (Å²) in [5.41, 5.74) is -0.0764. The lowest BCUT2D eigenvalue weighted by Crippen LogP contribution is -2.35. The molecule has 0 saturated carbocycles. The van der Waals surface area contributed by atoms with E-state index in [0.29, 0.717) is 0 Å². The third-order valence-electron chi connectivity index (χ3n) is 2.64. The number of carbonyl (C=O) groups is 1. The van der Waals surface area contributed by atoms with Gasteiger partial charge in [0.05, 0.1) is 11.3 Å². The number of halogens is 3. The van der Waals surface area contributed by atoms with Crippen molar-refractivity contribution in [1.82, 2.24) is 5.32 Å². The molecule has 0 saturated heterocycles. The molecule has 1 rings (SSSR count). The molecule has 0 fully saturated rings. The maximum atomic E-state index is 12.2. The third kappa shape index (κ3) is 4.93. The predicted octanol–water partition coefficient (Wildman–Crippen LogP) is 2.71. The summed E-state index contributed by atoms with van der Waals surface area (Å²) in [4.78, 5) is 21.9. The van der Waals surface area contributed by atoms with Crippen LogP contribution in [0, 0.1) is 10.1 Å². The Hall–Kier alpha value is -2.32. The Morgan fingerprint density at radius 3 is 2.52 bits per heavy atom. The summed E-state index contributed by atoms with van der Waals surface area (Å²) in [6.07, 6.45) is -5.52. The van der Waals surface area contributed by atoms with Crippen molar-refractivity contribution in [3.63, 3.8) is 0 Å². The second-order valence-corrected chi connectivity index (χ2v) is 4.43. The number of hydrogen-bond donors (Lipinski definition) is 2. The van der Waals surface area contributed by atoms with Crippen molar-refractivity contribution in [2.24, 2.45) is 0 Å². The van der Waals surface area contributed by atoms with Crippen molar-refractivity contribution in [3.05, 3.63) is 33.9 Å². The van der Waals surface area contributed by atoms with E-state index < -0.39 is 29.5 Å². The van der Waals surface area contributed by atoms with Gasteiger partial charge >= 0.3 is 6.18 Å². The number of nitrogens with one attached hydrogen (secondary N) is 2. The number of nitrogens with zero attached hydrogens (tertiary/aromatic N) is 1. The van der Waals surface area contributed by atoms with Gasteiger partial charge < -0.3 is 10.6 Å². The molecule has 9 heteroatoms. The van der Waals surface area contributed by atoms with E-state index in [1.807, 2.05) is 0 Å². The van der Waals surface area contributed by atoms with Crippen LogP contribution in [0.5, 0.6) is 0 Å². The normalized spacial score (nSPS) is 12.6. The maximum Gasteiger partial charge on any atom is 0.391 e. The number of rotatable bonds is 5. The minimum absolute atomic E-state index is 0.0407. The molecule has 116 valence electrons. The van der Waals surface area contributed by atoms with Gasteiger partial charge in [-0.2, -0.15) is 13.2 Å². The molecule has 0 bridgehead atoms. The van der Waals surface area contributed by atoms with Gasteiger partial charge in [-0.05, 0) is 19.1 Å². The molecular formula is C12H14F3N3O3. The largest absolute Gasteiger partial charge is 0.391 e. The first-order valence-electron chi connectivity index (χ1n) is 5.98. The molecule has 0 aromatic heterocycles. The highest BCUT2D eigenvalue weighted by molar-refractivity contribution is 5.96. The van der Waals surface area contributed by atoms with Crippen molar-refractivity contribution in [2.75, 3.05) is 12.4 Å². The number of nitro benzene ring substituents is 1. The fourth-order valence-electron chi connectivity index (χ4n) is 1.74. The van der Waals surface area contributed by atoms with Crippen LogP contribution in [0.2, 0.25) is 0 Å². The van der Waals surface area contributed by atoms with Crippen molar-refractivity contribution < 1.29 is 22.9 Å². The molecule has 6 nitrogen and oxygen atoms in total. The van der Waals surface area contributed by atoms with E-state index in [-0.39, 0.29) is 16.9 Å². The Bertz CT molecular complexity index is 546. The zero-order chi connectivity index (χ0) is 16.2. The first-order chi connectivity index (χ1) is 9.64. The van der Waals surface area contributed by atoms with Gasteiger partial charge in [0.1, 0.15) is 5.69 Å². The standard InChI is InChI=1S/C12H14F3N3O3/c1-7(6-12(13,14)15)17-11(19)8-3-4-10(18(20)21)9(5-8)16-2/h3-5,7,16H,6H2,1-2H3,(H,17,19). The SMILES string of the molecule is CNc1cc(C(=O)NC(C)CC(F)(F)F)ccc1[N+](=O)[O-]. The van der Waals surface area contributed by atoms with Crippen LogP contribution >= 0.6 is 0 Å². The summed E-state index contributed by atoms with van der Waals surface area (Å²) in [6.45, 7) is 1.23. The summed E-state index contributed by atoms with van der Waals surface area (Å²) >= 11 is 0. The zero-order valence-corrected chi connectivity index (χ0v) is 11.3. The van der Waals surface area contributed by atoms with E-state index in [4.69, 9.17) is 0 Å². The zero-order valence-electron chi connectivity index (χ0n) is 11.3. The van der Waals surface area contributed by atoms with Crippen molar-refractivity contribution >= 4 is 17.3 Å². The average molecular weight is 305 g/mol. The van der Waals surface area contributed by atoms with Gasteiger partial charge in [0.15, 0.2) is 0 Å². The van der Waals surface area contributed by atoms with Crippen LogP contribution in [-0.2, 0) is 0 Å². The number of benzene rings is 1. The fraction of sp³-hybridized carbons (Fsp3) is 0.417. The van der Waals surface area contributed by atoms with Crippen LogP contribution in [-0.4, -0.2) is 30.1 Å². The Kier molecular flexibility index (Phi) is 5.12. The average Bonchev–Trinajstić information content (AvgIpc) is 2.35. The molecule has 0 heterocycles. The fourth-order valence-corrected chi connectivity index (χ4v) is 1.74. The van der Waals surface area contributed by atoms with Crippen LogP contribution in [0.1, 0.15) is 23.7 Å². The van der Waals surface area contributed by atoms with Gasteiger partial charge in [0.2, 0.25) is 0 Å². The molecule has 21 heavy (non-hydrogen) atoms. The molecule has 1 unspecified atom stereocenters. The molecule has 1 aromatic carbocycles. The second-order valence-electron chi connectivity index (χ2n) is 4.43. The van der Waals surface area contributed by atoms with Gasteiger partial charge in [0, 0.05) is 24.7 Å². The topological polar surface area (TPSA) is 84.3 Å². The number of hydrogen-bond acceptors (Lipinski definition) is 4. The predicted molar refractivity (Wildman–Crippen MR) is 70.2 cm³/mol. The molecule has 1 atom stereocenters. The smallest absolute Gasteiger partial charge is 0.383 e. The van der Waals surface area contributed by atoms with Gasteiger partial charge in [-0.15, -0.1) is 0 Å². The van der Waals surface area contributed by atoms with Gasteiger partial charge in [-0.1, -0.05) is 0 Å². The lowest BCUT2D eigenvalue weighted by Gasteiger charge is -2.16. The van der Waals surface area contributed by atoms with Crippen LogP contribution in [0.15, 0.2) is 18.2 Å². The first kappa shape index (κ1) is 16.7. The number of carbonyl (C=O) groups excluding carboxylic acids is 1. The van der Waals surface area contributed by atoms with Gasteiger partial charge in [0.25, 0.3) is 11.6 Å². The Balaban J connectivity index is 2.86. The van der Waals surface area contributed by atoms with Crippen molar-refractivity contribution in [1.29, 1.82) is 0 Å². The first-order valence-corrected chi connectivity index (χ1v) is 5.98. The second kappa shape index (κ2) is 6.42. The van der Waals surface area contributed by atoms with Crippen LogP contribution in [0.25, 0.3) is 0 Å². The molecular weight excluding hydrogens is 291 g/mol. The summed E-state index contributed by atoms with van der Waals surface area (Å²) in [5, 5.41) is 15.5. The van der Waals surface area contributed by atoms with E-state index >= 15 is 0 Å². The molecule has 0 aliphatic carbocycles. The van der Waals surface area contributed by atoms with E-state index in [1.54, 1.807) is 0 Å². The van der Waals surface area contributed by atoms with E-state index in [2.05, 4.69) is 10.6 Å². The molecule has 1 amide bonds. The summed E-state index contributed by atoms with van der Waals surface area (Å²) in [5.74, 6) is -0.724. The monoisotopic (exact) mass is 305 g/mol. The molecule has 0 aliphatic heterocycles. The molecule has 2 N–H and O–H groups in total. The van der Waals surface area contributed by atoms with Crippen molar-refractivity contribution in [3.8, 4) is 0 Å². The Labute approximate surface area is 118 Å². The number of amides is 1. The molecule has 1 aromatic rings. The Morgan fingerprint density at radius 1 is 1.43 bits per heavy atom. The lowest BCUT2D eigenvalue weighted by molar-refractivity contribution is -0.383. The summed E-state index contributed by atoms with van der Waals surface area (Å²) in [6, 6.07) is 2.43. The quantitative estimate of drug-likeness (QED) is 0.647. The highest BCUT2D eigenvalue weighted by Crippen LogP contribution is 2.25. The van der Waals surface area contributed by atoms with Crippen LogP contribution in [0.3, 0.4) is 0 Å². The number of nitro groups is 1. The Morgan fingerprint density at radius 2 is 2.05 bits per heavy atom. The highest BCUT2D eigenvalue weighted by atomic mass is 19.4. The number of anilines is 1. The van der Waals surface area contributed by atoms with Gasteiger partial charge in [-0.25, -0.2) is 0 Å². The van der Waals surface area contributed by atoms with E-state index in [0.717, 1.165) is 6.07 Å². The lowest BCUT2D eigenvalue weighted by atomic mass is 10.1.